The van der Waals surface area contributed by atoms with Gasteiger partial charge in [0.05, 0.1) is 16.9 Å². The number of rotatable bonds is 1. The number of fused-ring (bicyclic) bond motifs is 5. The zero-order chi connectivity index (χ0) is 16.1. The van der Waals surface area contributed by atoms with Crippen molar-refractivity contribution in [3.8, 4) is 28.7 Å². The first-order valence-electron chi connectivity index (χ1n) is 7.93. The first-order chi connectivity index (χ1) is 11.1. The number of aromatic nitrogens is 3. The Morgan fingerprint density at radius 2 is 1.87 bits per heavy atom. The van der Waals surface area contributed by atoms with Crippen LogP contribution < -0.4 is 4.74 Å². The third kappa shape index (κ3) is 2.05. The molecule has 0 spiro atoms. The molecule has 0 fully saturated rings. The lowest BCUT2D eigenvalue weighted by Gasteiger charge is -2.11. The fraction of sp³-hybridized carbons (Fsp3) is 0.263. The molecule has 1 aliphatic rings. The molecule has 0 saturated carbocycles. The Morgan fingerprint density at radius 3 is 2.65 bits per heavy atom. The summed E-state index contributed by atoms with van der Waals surface area (Å²) in [6, 6.07) is 10.4. The second-order valence-corrected chi connectivity index (χ2v) is 6.02. The summed E-state index contributed by atoms with van der Waals surface area (Å²) >= 11 is 0. The van der Waals surface area contributed by atoms with E-state index < -0.39 is 0 Å². The average Bonchev–Trinajstić information content (AvgIpc) is 2.76. The first-order valence-corrected chi connectivity index (χ1v) is 7.93. The van der Waals surface area contributed by atoms with Crippen LogP contribution in [0.1, 0.15) is 29.6 Å². The predicted octanol–water partition coefficient (Wildman–Crippen LogP) is 4.53. The van der Waals surface area contributed by atoms with Gasteiger partial charge in [-0.1, -0.05) is 13.0 Å². The molecule has 0 bridgehead atoms. The molecule has 0 aliphatic carbocycles. The van der Waals surface area contributed by atoms with E-state index in [0.717, 1.165) is 51.9 Å². The van der Waals surface area contributed by atoms with Crippen LogP contribution in [0.15, 0.2) is 30.3 Å². The van der Waals surface area contributed by atoms with Crippen LogP contribution in [0.4, 0.5) is 0 Å². The van der Waals surface area contributed by atoms with Crippen molar-refractivity contribution in [2.75, 3.05) is 0 Å². The maximum Gasteiger partial charge on any atom is 0.230 e. The number of benzene rings is 1. The molecule has 1 aliphatic heterocycles. The molecule has 0 saturated heterocycles. The van der Waals surface area contributed by atoms with E-state index in [1.807, 2.05) is 13.0 Å². The summed E-state index contributed by atoms with van der Waals surface area (Å²) in [5, 5.41) is 0. The van der Waals surface area contributed by atoms with Crippen molar-refractivity contribution in [3.05, 3.63) is 53.0 Å². The Kier molecular flexibility index (Phi) is 3.01. The highest BCUT2D eigenvalue weighted by atomic mass is 16.5. The summed E-state index contributed by atoms with van der Waals surface area (Å²) in [5.41, 5.74) is 6.29. The minimum absolute atomic E-state index is 0.639. The molecule has 4 rings (SSSR count). The normalized spacial score (nSPS) is 12.0. The van der Waals surface area contributed by atoms with E-state index in [1.54, 1.807) is 0 Å². The zero-order valence-corrected chi connectivity index (χ0v) is 13.8. The molecule has 0 radical (unpaired) electrons. The van der Waals surface area contributed by atoms with Crippen molar-refractivity contribution in [1.82, 2.24) is 14.5 Å². The lowest BCUT2D eigenvalue weighted by atomic mass is 10.2. The highest BCUT2D eigenvalue weighted by Gasteiger charge is 2.25. The zero-order valence-electron chi connectivity index (χ0n) is 13.8. The van der Waals surface area contributed by atoms with Crippen molar-refractivity contribution in [3.63, 3.8) is 0 Å². The van der Waals surface area contributed by atoms with Crippen molar-refractivity contribution >= 4 is 0 Å². The summed E-state index contributed by atoms with van der Waals surface area (Å²) < 4.78 is 8.36. The van der Waals surface area contributed by atoms with Gasteiger partial charge in [-0.05, 0) is 57.0 Å². The van der Waals surface area contributed by atoms with Crippen LogP contribution in [-0.2, 0) is 6.42 Å². The maximum atomic E-state index is 6.19. The number of hydrogen-bond acceptors (Lipinski definition) is 3. The molecule has 0 unspecified atom stereocenters. The van der Waals surface area contributed by atoms with Crippen LogP contribution in [0.3, 0.4) is 0 Å². The highest BCUT2D eigenvalue weighted by Crippen LogP contribution is 2.41. The Balaban J connectivity index is 2.09. The van der Waals surface area contributed by atoms with Gasteiger partial charge in [0.1, 0.15) is 0 Å². The molecule has 116 valence electrons. The number of nitrogens with zero attached hydrogens (tertiary/aromatic N) is 3. The maximum absolute atomic E-state index is 6.19. The fourth-order valence-electron chi connectivity index (χ4n) is 3.00. The minimum atomic E-state index is 0.639. The molecule has 4 nitrogen and oxygen atoms in total. The number of aryl methyl sites for hydroxylation is 3. The Bertz CT molecular complexity index is 925. The van der Waals surface area contributed by atoms with Gasteiger partial charge in [-0.25, -0.2) is 9.97 Å². The molecule has 3 aromatic rings. The molecule has 0 amide bonds. The second-order valence-electron chi connectivity index (χ2n) is 6.02. The molecular formula is C19H19N3O. The topological polar surface area (TPSA) is 39.9 Å². The smallest absolute Gasteiger partial charge is 0.230 e. The number of hydrogen-bond donors (Lipinski definition) is 0. The van der Waals surface area contributed by atoms with Crippen LogP contribution in [-0.4, -0.2) is 14.5 Å². The largest absolute Gasteiger partial charge is 0.436 e. The van der Waals surface area contributed by atoms with Gasteiger partial charge in [0, 0.05) is 11.4 Å². The van der Waals surface area contributed by atoms with Crippen LogP contribution in [0.25, 0.3) is 17.1 Å². The van der Waals surface area contributed by atoms with Crippen LogP contribution >= 0.6 is 0 Å². The monoisotopic (exact) mass is 305 g/mol. The Labute approximate surface area is 135 Å². The lowest BCUT2D eigenvalue weighted by molar-refractivity contribution is 0.463. The fourth-order valence-corrected chi connectivity index (χ4v) is 3.00. The van der Waals surface area contributed by atoms with Crippen molar-refractivity contribution in [1.29, 1.82) is 0 Å². The van der Waals surface area contributed by atoms with Crippen LogP contribution in [0.5, 0.6) is 11.6 Å². The van der Waals surface area contributed by atoms with E-state index in [4.69, 9.17) is 9.72 Å². The molecule has 0 N–H and O–H groups in total. The molecular weight excluding hydrogens is 286 g/mol. The molecule has 3 heterocycles. The van der Waals surface area contributed by atoms with Crippen molar-refractivity contribution in [2.24, 2.45) is 0 Å². The summed E-state index contributed by atoms with van der Waals surface area (Å²) in [5.74, 6) is 2.36. The van der Waals surface area contributed by atoms with Gasteiger partial charge in [-0.15, -0.1) is 0 Å². The third-order valence-corrected chi connectivity index (χ3v) is 4.43. The van der Waals surface area contributed by atoms with E-state index in [-0.39, 0.29) is 0 Å². The molecule has 23 heavy (non-hydrogen) atoms. The molecule has 4 heteroatoms. The lowest BCUT2D eigenvalue weighted by Crippen LogP contribution is -1.99. The van der Waals surface area contributed by atoms with Gasteiger partial charge in [0.2, 0.25) is 5.88 Å². The molecule has 2 aromatic heterocycles. The summed E-state index contributed by atoms with van der Waals surface area (Å²) in [7, 11) is 0. The van der Waals surface area contributed by atoms with Gasteiger partial charge < -0.3 is 4.74 Å². The third-order valence-electron chi connectivity index (χ3n) is 4.43. The van der Waals surface area contributed by atoms with Gasteiger partial charge in [-0.3, -0.25) is 4.57 Å². The number of imidazole rings is 1. The average molecular weight is 305 g/mol. The Morgan fingerprint density at radius 1 is 1.04 bits per heavy atom. The standard InChI is InChI=1S/C19H19N3O/c1-5-14-7-8-15-18-20-12(3)13(4)22(18)16-9-6-11(2)10-17(16)23-19(15)21-14/h6-10H,5H2,1-4H3. The van der Waals surface area contributed by atoms with Crippen molar-refractivity contribution < 1.29 is 4.74 Å². The van der Waals surface area contributed by atoms with Gasteiger partial charge in [-0.2, -0.15) is 0 Å². The predicted molar refractivity (Wildman–Crippen MR) is 90.5 cm³/mol. The number of ether oxygens (including phenoxy) is 1. The van der Waals surface area contributed by atoms with E-state index in [9.17, 15) is 0 Å². The van der Waals surface area contributed by atoms with Gasteiger partial charge in [0.25, 0.3) is 0 Å². The minimum Gasteiger partial charge on any atom is -0.436 e. The first kappa shape index (κ1) is 14.0. The summed E-state index contributed by atoms with van der Waals surface area (Å²) in [4.78, 5) is 9.45. The quantitative estimate of drug-likeness (QED) is 0.519. The van der Waals surface area contributed by atoms with E-state index in [1.165, 1.54) is 0 Å². The van der Waals surface area contributed by atoms with Crippen LogP contribution in [0.2, 0.25) is 0 Å². The molecule has 0 atom stereocenters. The van der Waals surface area contributed by atoms with E-state index in [2.05, 4.69) is 54.6 Å². The van der Waals surface area contributed by atoms with Gasteiger partial charge >= 0.3 is 0 Å². The highest BCUT2D eigenvalue weighted by molar-refractivity contribution is 5.70. The molecule has 1 aromatic carbocycles. The number of pyridine rings is 1. The summed E-state index contributed by atoms with van der Waals surface area (Å²) in [6.07, 6.45) is 0.879. The Hall–Kier alpha value is -2.62. The van der Waals surface area contributed by atoms with E-state index in [0.29, 0.717) is 5.88 Å². The summed E-state index contributed by atoms with van der Waals surface area (Å²) in [6.45, 7) is 8.30. The van der Waals surface area contributed by atoms with E-state index >= 15 is 0 Å². The van der Waals surface area contributed by atoms with Gasteiger partial charge in [0.15, 0.2) is 11.6 Å². The second kappa shape index (κ2) is 4.95. The van der Waals surface area contributed by atoms with Crippen LogP contribution in [0, 0.1) is 20.8 Å². The van der Waals surface area contributed by atoms with Crippen molar-refractivity contribution in [2.45, 2.75) is 34.1 Å². The SMILES string of the molecule is CCc1ccc2c(n1)Oc1cc(C)ccc1-n1c-2nc(C)c1C.